The predicted molar refractivity (Wildman–Crippen MR) is 52.4 cm³/mol. The van der Waals surface area contributed by atoms with Crippen LogP contribution in [0.5, 0.6) is 0 Å². The monoisotopic (exact) mass is 185 g/mol. The number of carbonyl (C=O) groups excluding carboxylic acids is 1. The van der Waals surface area contributed by atoms with Crippen molar-refractivity contribution in [2.75, 3.05) is 0 Å². The number of nitrogens with one attached hydrogen (secondary N) is 2. The second-order valence-electron chi connectivity index (χ2n) is 3.97. The van der Waals surface area contributed by atoms with Crippen LogP contribution in [0.25, 0.3) is 0 Å². The summed E-state index contributed by atoms with van der Waals surface area (Å²) in [4.78, 5) is 11.3. The van der Waals surface area contributed by atoms with Crippen molar-refractivity contribution < 1.29 is 4.79 Å². The van der Waals surface area contributed by atoms with Crippen molar-refractivity contribution in [3.05, 3.63) is 0 Å². The Morgan fingerprint density at radius 1 is 1.46 bits per heavy atom. The predicted octanol–water partition coefficient (Wildman–Crippen LogP) is 0.574. The lowest BCUT2D eigenvalue weighted by Crippen LogP contribution is -2.49. The minimum atomic E-state index is -0.0997. The zero-order valence-corrected chi connectivity index (χ0v) is 8.34. The van der Waals surface area contributed by atoms with E-state index in [9.17, 15) is 4.79 Å². The van der Waals surface area contributed by atoms with Crippen LogP contribution >= 0.6 is 0 Å². The van der Waals surface area contributed by atoms with Gasteiger partial charge in [-0.3, -0.25) is 0 Å². The molecule has 0 saturated heterocycles. The Morgan fingerprint density at radius 3 is 2.62 bits per heavy atom. The summed E-state index contributed by atoms with van der Waals surface area (Å²) in [6.07, 6.45) is 3.15. The van der Waals surface area contributed by atoms with Gasteiger partial charge >= 0.3 is 6.03 Å². The van der Waals surface area contributed by atoms with Gasteiger partial charge in [0.2, 0.25) is 0 Å². The van der Waals surface area contributed by atoms with Crippen molar-refractivity contribution >= 4 is 6.03 Å². The molecule has 0 aromatic carbocycles. The highest BCUT2D eigenvalue weighted by Gasteiger charge is 2.25. The molecule has 0 aliphatic heterocycles. The Hall–Kier alpha value is -0.770. The van der Waals surface area contributed by atoms with E-state index < -0.39 is 0 Å². The Kier molecular flexibility index (Phi) is 3.54. The number of urea groups is 1. The second-order valence-corrected chi connectivity index (χ2v) is 3.97. The van der Waals surface area contributed by atoms with Gasteiger partial charge in [0, 0.05) is 18.1 Å². The summed E-state index contributed by atoms with van der Waals surface area (Å²) in [5.74, 6) is 0. The molecule has 0 spiro atoms. The van der Waals surface area contributed by atoms with Gasteiger partial charge in [0.25, 0.3) is 0 Å². The average Bonchev–Trinajstić information content (AvgIpc) is 2.34. The lowest BCUT2D eigenvalue weighted by Gasteiger charge is -2.18. The molecule has 4 nitrogen and oxygen atoms in total. The van der Waals surface area contributed by atoms with Crippen LogP contribution in [0.2, 0.25) is 0 Å². The van der Waals surface area contributed by atoms with Gasteiger partial charge in [-0.2, -0.15) is 0 Å². The van der Waals surface area contributed by atoms with Gasteiger partial charge in [-0.05, 0) is 33.1 Å². The van der Waals surface area contributed by atoms with Crippen LogP contribution in [-0.4, -0.2) is 24.2 Å². The number of rotatable bonds is 2. The van der Waals surface area contributed by atoms with Crippen molar-refractivity contribution in [3.63, 3.8) is 0 Å². The maximum absolute atomic E-state index is 11.3. The fourth-order valence-electron chi connectivity index (χ4n) is 1.64. The zero-order valence-electron chi connectivity index (χ0n) is 8.34. The summed E-state index contributed by atoms with van der Waals surface area (Å²) in [6.45, 7) is 3.88. The Bertz CT molecular complexity index is 182. The molecule has 1 aliphatic rings. The third-order valence-corrected chi connectivity index (χ3v) is 2.31. The van der Waals surface area contributed by atoms with Gasteiger partial charge in [-0.25, -0.2) is 4.79 Å². The van der Waals surface area contributed by atoms with Gasteiger partial charge in [0.1, 0.15) is 0 Å². The van der Waals surface area contributed by atoms with Crippen LogP contribution in [0.15, 0.2) is 0 Å². The molecule has 4 heteroatoms. The standard InChI is InChI=1S/C9H19N3O/c1-6(2)11-9(13)12-8-5-3-4-7(8)10/h6-8H,3-5,10H2,1-2H3,(H2,11,12,13). The van der Waals surface area contributed by atoms with E-state index in [2.05, 4.69) is 10.6 Å². The van der Waals surface area contributed by atoms with Gasteiger partial charge in [0.15, 0.2) is 0 Å². The molecule has 1 fully saturated rings. The lowest BCUT2D eigenvalue weighted by molar-refractivity contribution is 0.233. The number of amides is 2. The van der Waals surface area contributed by atoms with Crippen LogP contribution in [-0.2, 0) is 0 Å². The molecule has 0 bridgehead atoms. The van der Waals surface area contributed by atoms with Crippen molar-refractivity contribution in [1.29, 1.82) is 0 Å². The molecule has 0 heterocycles. The van der Waals surface area contributed by atoms with Crippen molar-refractivity contribution in [2.45, 2.75) is 51.2 Å². The fourth-order valence-corrected chi connectivity index (χ4v) is 1.64. The average molecular weight is 185 g/mol. The second kappa shape index (κ2) is 4.46. The number of hydrogen-bond acceptors (Lipinski definition) is 2. The molecular formula is C9H19N3O. The van der Waals surface area contributed by atoms with E-state index in [1.165, 1.54) is 0 Å². The van der Waals surface area contributed by atoms with E-state index in [-0.39, 0.29) is 24.2 Å². The molecule has 1 rings (SSSR count). The first kappa shape index (κ1) is 10.3. The van der Waals surface area contributed by atoms with E-state index in [0.29, 0.717) is 0 Å². The first-order chi connectivity index (χ1) is 6.09. The van der Waals surface area contributed by atoms with Crippen LogP contribution in [0.1, 0.15) is 33.1 Å². The van der Waals surface area contributed by atoms with Crippen molar-refractivity contribution in [3.8, 4) is 0 Å². The van der Waals surface area contributed by atoms with E-state index in [0.717, 1.165) is 19.3 Å². The zero-order chi connectivity index (χ0) is 9.84. The maximum atomic E-state index is 11.3. The lowest BCUT2D eigenvalue weighted by atomic mass is 10.2. The van der Waals surface area contributed by atoms with Gasteiger partial charge < -0.3 is 16.4 Å². The Balaban J connectivity index is 2.27. The summed E-state index contributed by atoms with van der Waals surface area (Å²) in [5, 5.41) is 5.67. The van der Waals surface area contributed by atoms with Gasteiger partial charge in [-0.15, -0.1) is 0 Å². The SMILES string of the molecule is CC(C)NC(=O)NC1CCCC1N. The van der Waals surface area contributed by atoms with Crippen LogP contribution in [0.3, 0.4) is 0 Å². The molecule has 2 amide bonds. The topological polar surface area (TPSA) is 67.2 Å². The van der Waals surface area contributed by atoms with Gasteiger partial charge in [0.05, 0.1) is 0 Å². The molecular weight excluding hydrogens is 166 g/mol. The fraction of sp³-hybridized carbons (Fsp3) is 0.889. The van der Waals surface area contributed by atoms with Crippen LogP contribution in [0, 0.1) is 0 Å². The smallest absolute Gasteiger partial charge is 0.315 e. The quantitative estimate of drug-likeness (QED) is 0.589. The highest BCUT2D eigenvalue weighted by atomic mass is 16.2. The first-order valence-electron chi connectivity index (χ1n) is 4.92. The Labute approximate surface area is 79.3 Å². The third-order valence-electron chi connectivity index (χ3n) is 2.31. The molecule has 76 valence electrons. The first-order valence-corrected chi connectivity index (χ1v) is 4.92. The van der Waals surface area contributed by atoms with Gasteiger partial charge in [-0.1, -0.05) is 0 Å². The van der Waals surface area contributed by atoms with E-state index >= 15 is 0 Å². The van der Waals surface area contributed by atoms with Crippen LogP contribution < -0.4 is 16.4 Å². The molecule has 1 aliphatic carbocycles. The van der Waals surface area contributed by atoms with Crippen molar-refractivity contribution in [1.82, 2.24) is 10.6 Å². The highest BCUT2D eigenvalue weighted by molar-refractivity contribution is 5.74. The summed E-state index contributed by atoms with van der Waals surface area (Å²) in [7, 11) is 0. The molecule has 13 heavy (non-hydrogen) atoms. The Morgan fingerprint density at radius 2 is 2.15 bits per heavy atom. The third kappa shape index (κ3) is 3.22. The largest absolute Gasteiger partial charge is 0.336 e. The number of carbonyl (C=O) groups is 1. The molecule has 0 aromatic heterocycles. The van der Waals surface area contributed by atoms with Crippen molar-refractivity contribution in [2.24, 2.45) is 5.73 Å². The summed E-state index contributed by atoms with van der Waals surface area (Å²) in [6, 6.07) is 0.381. The summed E-state index contributed by atoms with van der Waals surface area (Å²) >= 11 is 0. The molecule has 0 radical (unpaired) electrons. The molecule has 2 unspecified atom stereocenters. The summed E-state index contributed by atoms with van der Waals surface area (Å²) < 4.78 is 0. The van der Waals surface area contributed by atoms with E-state index in [1.54, 1.807) is 0 Å². The number of nitrogens with two attached hydrogens (primary N) is 1. The van der Waals surface area contributed by atoms with E-state index in [1.807, 2.05) is 13.8 Å². The summed E-state index contributed by atoms with van der Waals surface area (Å²) in [5.41, 5.74) is 5.82. The maximum Gasteiger partial charge on any atom is 0.315 e. The minimum absolute atomic E-state index is 0.0997. The normalized spacial score (nSPS) is 27.7. The molecule has 1 saturated carbocycles. The van der Waals surface area contributed by atoms with E-state index in [4.69, 9.17) is 5.73 Å². The minimum Gasteiger partial charge on any atom is -0.336 e. The number of hydrogen-bond donors (Lipinski definition) is 3. The highest BCUT2D eigenvalue weighted by Crippen LogP contribution is 2.16. The van der Waals surface area contributed by atoms with Crippen LogP contribution in [0.4, 0.5) is 4.79 Å². The molecule has 0 aromatic rings. The molecule has 4 N–H and O–H groups in total. The molecule has 2 atom stereocenters.